The molecular formula is C11H19N5O3. The second kappa shape index (κ2) is 7.34. The molecule has 1 heterocycles. The molecule has 2 amide bonds. The fraction of sp³-hybridized carbons (Fsp3) is 0.636. The van der Waals surface area contributed by atoms with Crippen molar-refractivity contribution in [1.29, 1.82) is 0 Å². The number of carbonyl (C=O) groups is 2. The molecule has 1 aromatic heterocycles. The Morgan fingerprint density at radius 3 is 2.84 bits per heavy atom. The number of aromatic nitrogens is 3. The third-order valence-electron chi connectivity index (χ3n) is 2.63. The first kappa shape index (κ1) is 14.9. The van der Waals surface area contributed by atoms with E-state index in [1.165, 1.54) is 4.90 Å². The second-order valence-corrected chi connectivity index (χ2v) is 4.37. The number of rotatable bonds is 7. The van der Waals surface area contributed by atoms with Crippen molar-refractivity contribution in [1.82, 2.24) is 25.2 Å². The SMILES string of the molecule is CC(CN(C)C(=O)NCCCn1ccnn1)C(=O)O. The molecule has 0 aliphatic carbocycles. The van der Waals surface area contributed by atoms with E-state index in [9.17, 15) is 9.59 Å². The van der Waals surface area contributed by atoms with E-state index in [-0.39, 0.29) is 12.6 Å². The maximum atomic E-state index is 11.6. The van der Waals surface area contributed by atoms with Crippen LogP contribution in [0.2, 0.25) is 0 Å². The Hall–Kier alpha value is -2.12. The summed E-state index contributed by atoms with van der Waals surface area (Å²) < 4.78 is 1.68. The molecule has 0 radical (unpaired) electrons. The van der Waals surface area contributed by atoms with Gasteiger partial charge in [0, 0.05) is 32.9 Å². The van der Waals surface area contributed by atoms with Crippen molar-refractivity contribution in [2.45, 2.75) is 19.9 Å². The average molecular weight is 269 g/mol. The van der Waals surface area contributed by atoms with Crippen molar-refractivity contribution in [2.24, 2.45) is 5.92 Å². The van der Waals surface area contributed by atoms with E-state index in [0.717, 1.165) is 6.42 Å². The summed E-state index contributed by atoms with van der Waals surface area (Å²) in [7, 11) is 1.58. The normalized spacial score (nSPS) is 11.9. The molecule has 1 rings (SSSR count). The predicted molar refractivity (Wildman–Crippen MR) is 67.5 cm³/mol. The molecule has 19 heavy (non-hydrogen) atoms. The highest BCUT2D eigenvalue weighted by Crippen LogP contribution is 1.98. The molecule has 0 spiro atoms. The largest absolute Gasteiger partial charge is 0.481 e. The van der Waals surface area contributed by atoms with Gasteiger partial charge in [-0.15, -0.1) is 5.10 Å². The lowest BCUT2D eigenvalue weighted by Gasteiger charge is -2.19. The van der Waals surface area contributed by atoms with Gasteiger partial charge >= 0.3 is 12.0 Å². The van der Waals surface area contributed by atoms with Crippen molar-refractivity contribution in [2.75, 3.05) is 20.1 Å². The van der Waals surface area contributed by atoms with E-state index in [4.69, 9.17) is 5.11 Å². The molecule has 1 unspecified atom stereocenters. The number of carboxylic acid groups (broad SMARTS) is 1. The summed E-state index contributed by atoms with van der Waals surface area (Å²) in [6.07, 6.45) is 4.08. The van der Waals surface area contributed by atoms with Gasteiger partial charge in [-0.25, -0.2) is 4.79 Å². The quantitative estimate of drug-likeness (QED) is 0.680. The van der Waals surface area contributed by atoms with Gasteiger partial charge in [0.05, 0.1) is 12.1 Å². The Labute approximate surface area is 111 Å². The zero-order chi connectivity index (χ0) is 14.3. The lowest BCUT2D eigenvalue weighted by Crippen LogP contribution is -2.41. The Morgan fingerprint density at radius 2 is 2.26 bits per heavy atom. The minimum atomic E-state index is -0.911. The van der Waals surface area contributed by atoms with Crippen molar-refractivity contribution >= 4 is 12.0 Å². The number of amides is 2. The molecule has 0 fully saturated rings. The molecule has 2 N–H and O–H groups in total. The predicted octanol–water partition coefficient (Wildman–Crippen LogP) is 0.0303. The first-order chi connectivity index (χ1) is 9.00. The summed E-state index contributed by atoms with van der Waals surface area (Å²) in [4.78, 5) is 23.7. The number of hydrogen-bond donors (Lipinski definition) is 2. The molecule has 0 aromatic carbocycles. The summed E-state index contributed by atoms with van der Waals surface area (Å²) in [6.45, 7) is 2.93. The van der Waals surface area contributed by atoms with E-state index in [1.54, 1.807) is 31.0 Å². The van der Waals surface area contributed by atoms with Crippen LogP contribution in [0.5, 0.6) is 0 Å². The van der Waals surface area contributed by atoms with E-state index in [0.29, 0.717) is 13.1 Å². The molecule has 106 valence electrons. The summed E-state index contributed by atoms with van der Waals surface area (Å²) in [5.41, 5.74) is 0. The van der Waals surface area contributed by atoms with E-state index >= 15 is 0 Å². The zero-order valence-electron chi connectivity index (χ0n) is 11.1. The maximum Gasteiger partial charge on any atom is 0.317 e. The molecule has 0 aliphatic heterocycles. The minimum Gasteiger partial charge on any atom is -0.481 e. The maximum absolute atomic E-state index is 11.6. The number of aryl methyl sites for hydroxylation is 1. The molecule has 0 saturated carbocycles. The third kappa shape index (κ3) is 5.36. The van der Waals surface area contributed by atoms with E-state index < -0.39 is 11.9 Å². The van der Waals surface area contributed by atoms with Crippen molar-refractivity contribution in [3.05, 3.63) is 12.4 Å². The number of hydrogen-bond acceptors (Lipinski definition) is 4. The number of nitrogens with zero attached hydrogens (tertiary/aromatic N) is 4. The molecule has 1 aromatic rings. The van der Waals surface area contributed by atoms with Gasteiger partial charge in [-0.05, 0) is 6.42 Å². The smallest absolute Gasteiger partial charge is 0.317 e. The summed E-state index contributed by atoms with van der Waals surface area (Å²) in [5.74, 6) is -1.49. The first-order valence-electron chi connectivity index (χ1n) is 6.06. The van der Waals surface area contributed by atoms with Crippen molar-refractivity contribution < 1.29 is 14.7 Å². The summed E-state index contributed by atoms with van der Waals surface area (Å²) in [5, 5.41) is 19.0. The number of aliphatic carboxylic acids is 1. The highest BCUT2D eigenvalue weighted by atomic mass is 16.4. The number of carbonyl (C=O) groups excluding carboxylic acids is 1. The average Bonchev–Trinajstić information content (AvgIpc) is 2.87. The van der Waals surface area contributed by atoms with Crippen molar-refractivity contribution in [3.8, 4) is 0 Å². The fourth-order valence-corrected chi connectivity index (χ4v) is 1.50. The number of carboxylic acids is 1. The monoisotopic (exact) mass is 269 g/mol. The van der Waals surface area contributed by atoms with Crippen LogP contribution in [0.4, 0.5) is 4.79 Å². The zero-order valence-corrected chi connectivity index (χ0v) is 11.1. The summed E-state index contributed by atoms with van der Waals surface area (Å²) >= 11 is 0. The van der Waals surface area contributed by atoms with Gasteiger partial charge in [-0.1, -0.05) is 12.1 Å². The molecule has 0 bridgehead atoms. The van der Waals surface area contributed by atoms with Gasteiger partial charge in [-0.3, -0.25) is 9.48 Å². The highest BCUT2D eigenvalue weighted by Gasteiger charge is 2.16. The van der Waals surface area contributed by atoms with E-state index in [2.05, 4.69) is 15.6 Å². The Morgan fingerprint density at radius 1 is 1.53 bits per heavy atom. The van der Waals surface area contributed by atoms with Crippen LogP contribution < -0.4 is 5.32 Å². The molecule has 8 nitrogen and oxygen atoms in total. The Bertz CT molecular complexity index is 406. The highest BCUT2D eigenvalue weighted by molar-refractivity contribution is 5.75. The van der Waals surface area contributed by atoms with Crippen LogP contribution in [0.15, 0.2) is 12.4 Å². The van der Waals surface area contributed by atoms with Crippen LogP contribution in [-0.2, 0) is 11.3 Å². The van der Waals surface area contributed by atoms with Crippen molar-refractivity contribution in [3.63, 3.8) is 0 Å². The van der Waals surface area contributed by atoms with Gasteiger partial charge in [0.2, 0.25) is 0 Å². The first-order valence-corrected chi connectivity index (χ1v) is 6.06. The van der Waals surface area contributed by atoms with Gasteiger partial charge in [-0.2, -0.15) is 0 Å². The molecule has 1 atom stereocenters. The van der Waals surface area contributed by atoms with Gasteiger partial charge in [0.25, 0.3) is 0 Å². The topological polar surface area (TPSA) is 100 Å². The fourth-order valence-electron chi connectivity index (χ4n) is 1.50. The second-order valence-electron chi connectivity index (χ2n) is 4.37. The minimum absolute atomic E-state index is 0.185. The Kier molecular flexibility index (Phi) is 5.77. The van der Waals surface area contributed by atoms with Gasteiger partial charge in [0.15, 0.2) is 0 Å². The van der Waals surface area contributed by atoms with E-state index in [1.807, 2.05) is 0 Å². The third-order valence-corrected chi connectivity index (χ3v) is 2.63. The molecule has 8 heteroatoms. The van der Waals surface area contributed by atoms with Crippen LogP contribution in [0.1, 0.15) is 13.3 Å². The lowest BCUT2D eigenvalue weighted by molar-refractivity contribution is -0.141. The number of urea groups is 1. The summed E-state index contributed by atoms with van der Waals surface area (Å²) in [6, 6.07) is -0.272. The number of nitrogens with one attached hydrogen (secondary N) is 1. The van der Waals surface area contributed by atoms with Gasteiger partial charge in [0.1, 0.15) is 0 Å². The Balaban J connectivity index is 2.17. The van der Waals surface area contributed by atoms with Crippen LogP contribution in [0.3, 0.4) is 0 Å². The van der Waals surface area contributed by atoms with Crippen LogP contribution >= 0.6 is 0 Å². The van der Waals surface area contributed by atoms with Crippen LogP contribution in [0.25, 0.3) is 0 Å². The van der Waals surface area contributed by atoms with Crippen LogP contribution in [0, 0.1) is 5.92 Å². The molecular weight excluding hydrogens is 250 g/mol. The lowest BCUT2D eigenvalue weighted by atomic mass is 10.2. The molecule has 0 aliphatic rings. The molecule has 0 saturated heterocycles. The van der Waals surface area contributed by atoms with Crippen LogP contribution in [-0.4, -0.2) is 57.1 Å². The van der Waals surface area contributed by atoms with Gasteiger partial charge < -0.3 is 15.3 Å². The standard InChI is InChI=1S/C11H19N5O3/c1-9(10(17)18)8-15(2)11(19)12-4-3-6-16-7-5-13-14-16/h5,7,9H,3-4,6,8H2,1-2H3,(H,12,19)(H,17,18).